The van der Waals surface area contributed by atoms with Crippen LogP contribution < -0.4 is 5.32 Å². The summed E-state index contributed by atoms with van der Waals surface area (Å²) in [6.07, 6.45) is 0.471. The fourth-order valence-electron chi connectivity index (χ4n) is 3.57. The highest BCUT2D eigenvalue weighted by molar-refractivity contribution is 14.0. The van der Waals surface area contributed by atoms with Crippen molar-refractivity contribution in [3.8, 4) is 0 Å². The molecule has 2 heterocycles. The van der Waals surface area contributed by atoms with Crippen molar-refractivity contribution in [1.29, 1.82) is 0 Å². The number of likely N-dealkylation sites (tertiary alicyclic amines) is 1. The van der Waals surface area contributed by atoms with Crippen LogP contribution in [0.2, 0.25) is 0 Å². The molecule has 2 aliphatic rings. The van der Waals surface area contributed by atoms with Crippen LogP contribution in [0.15, 0.2) is 29.3 Å². The fraction of sp³-hybridized carbons (Fsp3) is 0.632. The summed E-state index contributed by atoms with van der Waals surface area (Å²) in [4.78, 5) is 9.23. The van der Waals surface area contributed by atoms with E-state index in [0.29, 0.717) is 26.3 Å². The molecule has 152 valence electrons. The Bertz CT molecular complexity index is 613. The number of aliphatic hydroxyl groups excluding tert-OH is 1. The van der Waals surface area contributed by atoms with E-state index in [2.05, 4.69) is 15.1 Å². The van der Waals surface area contributed by atoms with Crippen molar-refractivity contribution >= 4 is 29.9 Å². The highest BCUT2D eigenvalue weighted by Crippen LogP contribution is 2.23. The van der Waals surface area contributed by atoms with Gasteiger partial charge in [-0.1, -0.05) is 12.1 Å². The molecule has 0 spiro atoms. The molecular weight excluding hydrogens is 462 g/mol. The van der Waals surface area contributed by atoms with Crippen LogP contribution in [-0.4, -0.2) is 79.5 Å². The maximum absolute atomic E-state index is 13.8. The van der Waals surface area contributed by atoms with Crippen molar-refractivity contribution in [3.05, 3.63) is 35.6 Å². The Morgan fingerprint density at radius 2 is 2.15 bits per heavy atom. The molecule has 1 unspecified atom stereocenters. The van der Waals surface area contributed by atoms with Crippen LogP contribution in [0.1, 0.15) is 24.9 Å². The number of guanidine groups is 1. The molecule has 2 aliphatic heterocycles. The van der Waals surface area contributed by atoms with Gasteiger partial charge in [0.05, 0.1) is 31.9 Å². The Hall–Kier alpha value is -0.970. The Labute approximate surface area is 177 Å². The lowest BCUT2D eigenvalue weighted by molar-refractivity contribution is 0.0179. The molecular formula is C19H30FIN4O2. The van der Waals surface area contributed by atoms with E-state index < -0.39 is 0 Å². The molecule has 2 saturated heterocycles. The first-order chi connectivity index (χ1) is 12.7. The predicted molar refractivity (Wildman–Crippen MR) is 115 cm³/mol. The summed E-state index contributed by atoms with van der Waals surface area (Å²) in [5.74, 6) is 0.595. The normalized spacial score (nSPS) is 22.4. The number of β-amino-alcohol motifs (C(OH)–C–C–N with tert-alkyl or cyclic N) is 1. The molecule has 6 nitrogen and oxygen atoms in total. The predicted octanol–water partition coefficient (Wildman–Crippen LogP) is 1.85. The van der Waals surface area contributed by atoms with E-state index in [1.165, 1.54) is 6.07 Å². The SMILES string of the molecule is CCNC(=NCC(c1cccc(F)c1)N1CCOCC1)N1CC[C@@H](O)C1.I. The molecule has 0 amide bonds. The van der Waals surface area contributed by atoms with Gasteiger partial charge in [0.25, 0.3) is 0 Å². The first-order valence-electron chi connectivity index (χ1n) is 9.46. The number of ether oxygens (including phenoxy) is 1. The van der Waals surface area contributed by atoms with E-state index in [1.54, 1.807) is 12.1 Å². The molecule has 0 aromatic heterocycles. The molecule has 3 rings (SSSR count). The summed E-state index contributed by atoms with van der Waals surface area (Å²) in [6.45, 7) is 7.76. The number of nitrogens with zero attached hydrogens (tertiary/aromatic N) is 3. The number of benzene rings is 1. The van der Waals surface area contributed by atoms with Crippen molar-refractivity contribution < 1.29 is 14.2 Å². The lowest BCUT2D eigenvalue weighted by Gasteiger charge is -2.34. The quantitative estimate of drug-likeness (QED) is 0.374. The van der Waals surface area contributed by atoms with Crippen molar-refractivity contribution in [1.82, 2.24) is 15.1 Å². The number of aliphatic hydroxyl groups is 1. The third kappa shape index (κ3) is 6.27. The maximum Gasteiger partial charge on any atom is 0.194 e. The Morgan fingerprint density at radius 1 is 1.37 bits per heavy atom. The molecule has 0 aliphatic carbocycles. The molecule has 1 aromatic carbocycles. The minimum absolute atomic E-state index is 0. The van der Waals surface area contributed by atoms with E-state index in [9.17, 15) is 9.50 Å². The number of halogens is 2. The van der Waals surface area contributed by atoms with E-state index in [4.69, 9.17) is 9.73 Å². The summed E-state index contributed by atoms with van der Waals surface area (Å²) in [5, 5.41) is 13.1. The molecule has 0 radical (unpaired) electrons. The lowest BCUT2D eigenvalue weighted by Crippen LogP contribution is -2.43. The number of nitrogens with one attached hydrogen (secondary N) is 1. The van der Waals surface area contributed by atoms with Crippen LogP contribution >= 0.6 is 24.0 Å². The highest BCUT2D eigenvalue weighted by atomic mass is 127. The van der Waals surface area contributed by atoms with Crippen LogP contribution in [0.3, 0.4) is 0 Å². The van der Waals surface area contributed by atoms with E-state index in [1.807, 2.05) is 13.0 Å². The Kier molecular flexibility index (Phi) is 9.20. The monoisotopic (exact) mass is 492 g/mol. The second-order valence-corrected chi connectivity index (χ2v) is 6.80. The van der Waals surface area contributed by atoms with E-state index in [0.717, 1.165) is 44.1 Å². The zero-order valence-electron chi connectivity index (χ0n) is 15.8. The third-order valence-corrected chi connectivity index (χ3v) is 4.93. The van der Waals surface area contributed by atoms with Crippen molar-refractivity contribution in [3.63, 3.8) is 0 Å². The van der Waals surface area contributed by atoms with Crippen LogP contribution in [-0.2, 0) is 4.74 Å². The largest absolute Gasteiger partial charge is 0.391 e. The number of morpholine rings is 1. The molecule has 0 bridgehead atoms. The maximum atomic E-state index is 13.8. The van der Waals surface area contributed by atoms with Gasteiger partial charge in [-0.3, -0.25) is 9.89 Å². The average molecular weight is 492 g/mol. The molecule has 27 heavy (non-hydrogen) atoms. The second kappa shape index (κ2) is 11.1. The van der Waals surface area contributed by atoms with Gasteiger partial charge in [-0.2, -0.15) is 0 Å². The molecule has 2 fully saturated rings. The topological polar surface area (TPSA) is 60.3 Å². The van der Waals surface area contributed by atoms with Crippen LogP contribution in [0.4, 0.5) is 4.39 Å². The second-order valence-electron chi connectivity index (χ2n) is 6.80. The summed E-state index contributed by atoms with van der Waals surface area (Å²) in [7, 11) is 0. The Morgan fingerprint density at radius 3 is 2.78 bits per heavy atom. The van der Waals surface area contributed by atoms with Crippen LogP contribution in [0.5, 0.6) is 0 Å². The zero-order valence-corrected chi connectivity index (χ0v) is 18.1. The van der Waals surface area contributed by atoms with Gasteiger partial charge in [-0.25, -0.2) is 4.39 Å². The van der Waals surface area contributed by atoms with Gasteiger partial charge >= 0.3 is 0 Å². The first-order valence-corrected chi connectivity index (χ1v) is 9.46. The number of rotatable bonds is 5. The van der Waals surface area contributed by atoms with Gasteiger partial charge < -0.3 is 20.1 Å². The summed E-state index contributed by atoms with van der Waals surface area (Å²) in [5.41, 5.74) is 0.938. The van der Waals surface area contributed by atoms with Gasteiger partial charge in [0, 0.05) is 32.7 Å². The number of hydrogen-bond acceptors (Lipinski definition) is 4. The van der Waals surface area contributed by atoms with Crippen molar-refractivity contribution in [2.45, 2.75) is 25.5 Å². The smallest absolute Gasteiger partial charge is 0.194 e. The van der Waals surface area contributed by atoms with Crippen LogP contribution in [0.25, 0.3) is 0 Å². The fourth-order valence-corrected chi connectivity index (χ4v) is 3.57. The summed E-state index contributed by atoms with van der Waals surface area (Å²) in [6, 6.07) is 6.80. The Balaban J connectivity index is 0.00000261. The van der Waals surface area contributed by atoms with Gasteiger partial charge in [-0.05, 0) is 31.0 Å². The zero-order chi connectivity index (χ0) is 18.4. The van der Waals surface area contributed by atoms with E-state index >= 15 is 0 Å². The van der Waals surface area contributed by atoms with Gasteiger partial charge in [0.15, 0.2) is 5.96 Å². The van der Waals surface area contributed by atoms with Gasteiger partial charge in [0.2, 0.25) is 0 Å². The lowest BCUT2D eigenvalue weighted by atomic mass is 10.0. The molecule has 2 atom stereocenters. The highest BCUT2D eigenvalue weighted by Gasteiger charge is 2.25. The summed E-state index contributed by atoms with van der Waals surface area (Å²) >= 11 is 0. The minimum Gasteiger partial charge on any atom is -0.391 e. The molecule has 2 N–H and O–H groups in total. The molecule has 8 heteroatoms. The van der Waals surface area contributed by atoms with Gasteiger partial charge in [0.1, 0.15) is 5.82 Å². The molecule has 0 saturated carbocycles. The average Bonchev–Trinajstić information content (AvgIpc) is 3.08. The number of hydrogen-bond donors (Lipinski definition) is 2. The molecule has 1 aromatic rings. The van der Waals surface area contributed by atoms with Gasteiger partial charge in [-0.15, -0.1) is 24.0 Å². The van der Waals surface area contributed by atoms with Crippen LogP contribution in [0, 0.1) is 5.82 Å². The standard InChI is InChI=1S/C19H29FN4O2.HI/c1-2-21-19(24-7-6-17(25)14-24)22-13-18(23-8-10-26-11-9-23)15-4-3-5-16(20)12-15;/h3-5,12,17-18,25H,2,6-11,13-14H2,1H3,(H,21,22);1H/t17-,18?;/m1./s1. The summed E-state index contributed by atoms with van der Waals surface area (Å²) < 4.78 is 19.2. The van der Waals surface area contributed by atoms with E-state index in [-0.39, 0.29) is 41.9 Å². The third-order valence-electron chi connectivity index (χ3n) is 4.93. The first kappa shape index (κ1) is 22.3. The van der Waals surface area contributed by atoms with Crippen molar-refractivity contribution in [2.24, 2.45) is 4.99 Å². The minimum atomic E-state index is -0.294. The van der Waals surface area contributed by atoms with Crippen molar-refractivity contribution in [2.75, 3.05) is 52.5 Å². The number of aliphatic imine (C=N–C) groups is 1.